The molecule has 3 fully saturated rings. The van der Waals surface area contributed by atoms with Crippen LogP contribution in [0.2, 0.25) is 0 Å². The quantitative estimate of drug-likeness (QED) is 0.768. The summed E-state index contributed by atoms with van der Waals surface area (Å²) >= 11 is 0. The number of nitrogens with zero attached hydrogens (tertiary/aromatic N) is 1. The topological polar surface area (TPSA) is 12.5 Å². The lowest BCUT2D eigenvalue weighted by Gasteiger charge is -2.40. The van der Waals surface area contributed by atoms with E-state index in [1.54, 1.807) is 0 Å². The van der Waals surface area contributed by atoms with Crippen molar-refractivity contribution in [2.75, 3.05) is 19.6 Å². The first-order valence-electron chi connectivity index (χ1n) is 9.07. The third kappa shape index (κ3) is 3.98. The van der Waals surface area contributed by atoms with E-state index in [0.29, 0.717) is 12.2 Å². The molecule has 1 aliphatic heterocycles. The van der Waals surface area contributed by atoms with E-state index in [1.807, 2.05) is 0 Å². The summed E-state index contributed by atoms with van der Waals surface area (Å²) in [5.74, 6) is 2.88. The Labute approximate surface area is 125 Å². The molecule has 2 aliphatic carbocycles. The van der Waals surface area contributed by atoms with Gasteiger partial charge in [0.15, 0.2) is 0 Å². The molecule has 2 saturated carbocycles. The maximum Gasteiger partial charge on any atom is 0.0603 e. The molecular weight excluding hydrogens is 246 g/mol. The maximum atomic E-state index is 6.22. The molecule has 1 heterocycles. The zero-order valence-corrected chi connectivity index (χ0v) is 13.5. The minimum absolute atomic E-state index is 0.565. The van der Waals surface area contributed by atoms with Gasteiger partial charge in [-0.15, -0.1) is 0 Å². The third-order valence-electron chi connectivity index (χ3n) is 5.90. The van der Waals surface area contributed by atoms with Gasteiger partial charge in [-0.2, -0.15) is 0 Å². The fraction of sp³-hybridized carbons (Fsp3) is 1.00. The Kier molecular flexibility index (Phi) is 5.04. The Balaban J connectivity index is 1.32. The van der Waals surface area contributed by atoms with Crippen molar-refractivity contribution in [2.24, 2.45) is 17.8 Å². The zero-order valence-electron chi connectivity index (χ0n) is 13.5. The fourth-order valence-corrected chi connectivity index (χ4v) is 4.32. The van der Waals surface area contributed by atoms with Gasteiger partial charge in [-0.05, 0) is 56.3 Å². The monoisotopic (exact) mass is 279 g/mol. The van der Waals surface area contributed by atoms with Crippen molar-refractivity contribution in [1.82, 2.24) is 4.90 Å². The van der Waals surface area contributed by atoms with E-state index in [9.17, 15) is 0 Å². The molecule has 0 aromatic heterocycles. The normalized spacial score (nSPS) is 40.5. The van der Waals surface area contributed by atoms with Crippen molar-refractivity contribution in [1.29, 1.82) is 0 Å². The Morgan fingerprint density at radius 3 is 2.05 bits per heavy atom. The highest BCUT2D eigenvalue weighted by atomic mass is 16.5. The van der Waals surface area contributed by atoms with Crippen LogP contribution in [-0.4, -0.2) is 36.7 Å². The maximum absolute atomic E-state index is 6.22. The molecule has 0 spiro atoms. The van der Waals surface area contributed by atoms with Gasteiger partial charge in [0.1, 0.15) is 0 Å². The molecule has 0 bridgehead atoms. The van der Waals surface area contributed by atoms with Crippen LogP contribution in [0.1, 0.15) is 65.2 Å². The van der Waals surface area contributed by atoms with Gasteiger partial charge in [0, 0.05) is 19.6 Å². The minimum atomic E-state index is 0.565. The van der Waals surface area contributed by atoms with Crippen LogP contribution in [0.15, 0.2) is 0 Å². The fourth-order valence-electron chi connectivity index (χ4n) is 4.32. The van der Waals surface area contributed by atoms with Crippen molar-refractivity contribution < 1.29 is 4.74 Å². The first-order chi connectivity index (χ1) is 9.69. The second-order valence-electron chi connectivity index (χ2n) is 7.96. The van der Waals surface area contributed by atoms with E-state index in [4.69, 9.17) is 4.74 Å². The van der Waals surface area contributed by atoms with Gasteiger partial charge in [-0.25, -0.2) is 0 Å². The molecular formula is C18H33NO. The third-order valence-corrected chi connectivity index (χ3v) is 5.90. The second kappa shape index (κ2) is 6.79. The van der Waals surface area contributed by atoms with Crippen LogP contribution in [0.4, 0.5) is 0 Å². The molecule has 0 atom stereocenters. The Morgan fingerprint density at radius 1 is 0.800 bits per heavy atom. The van der Waals surface area contributed by atoms with Gasteiger partial charge >= 0.3 is 0 Å². The van der Waals surface area contributed by atoms with E-state index in [2.05, 4.69) is 18.7 Å². The lowest BCUT2D eigenvalue weighted by molar-refractivity contribution is -0.0914. The summed E-state index contributed by atoms with van der Waals surface area (Å²) in [6.07, 6.45) is 12.2. The first-order valence-corrected chi connectivity index (χ1v) is 9.07. The molecule has 0 N–H and O–H groups in total. The van der Waals surface area contributed by atoms with Gasteiger partial charge in [0.2, 0.25) is 0 Å². The van der Waals surface area contributed by atoms with Crippen molar-refractivity contribution in [3.63, 3.8) is 0 Å². The minimum Gasteiger partial charge on any atom is -0.375 e. The Hall–Kier alpha value is -0.0800. The lowest BCUT2D eigenvalue weighted by atomic mass is 9.82. The van der Waals surface area contributed by atoms with Crippen LogP contribution < -0.4 is 0 Å². The molecule has 3 rings (SSSR count). The summed E-state index contributed by atoms with van der Waals surface area (Å²) in [5, 5.41) is 0. The van der Waals surface area contributed by atoms with E-state index in [-0.39, 0.29) is 0 Å². The molecule has 0 aromatic carbocycles. The highest BCUT2D eigenvalue weighted by Crippen LogP contribution is 2.32. The largest absolute Gasteiger partial charge is 0.375 e. The number of ether oxygens (including phenoxy) is 1. The van der Waals surface area contributed by atoms with E-state index >= 15 is 0 Å². The van der Waals surface area contributed by atoms with Crippen LogP contribution in [0.25, 0.3) is 0 Å². The zero-order chi connectivity index (χ0) is 13.9. The first kappa shape index (κ1) is 14.8. The van der Waals surface area contributed by atoms with Crippen molar-refractivity contribution >= 4 is 0 Å². The van der Waals surface area contributed by atoms with Crippen LogP contribution in [0.3, 0.4) is 0 Å². The Morgan fingerprint density at radius 2 is 1.45 bits per heavy atom. The smallest absolute Gasteiger partial charge is 0.0603 e. The van der Waals surface area contributed by atoms with Crippen molar-refractivity contribution in [2.45, 2.75) is 77.4 Å². The Bertz CT molecular complexity index is 284. The number of rotatable bonds is 4. The number of likely N-dealkylation sites (tertiary alicyclic amines) is 1. The summed E-state index contributed by atoms with van der Waals surface area (Å²) in [6, 6.07) is 0. The van der Waals surface area contributed by atoms with Crippen LogP contribution in [0.5, 0.6) is 0 Å². The lowest BCUT2D eigenvalue weighted by Crippen LogP contribution is -2.42. The number of piperidine rings is 1. The second-order valence-corrected chi connectivity index (χ2v) is 7.96. The van der Waals surface area contributed by atoms with Crippen molar-refractivity contribution in [3.8, 4) is 0 Å². The summed E-state index contributed by atoms with van der Waals surface area (Å²) in [7, 11) is 0. The predicted molar refractivity (Wildman–Crippen MR) is 83.9 cm³/mol. The SMILES string of the molecule is CC1CCC(CN2CCC(OC3CC(C)C3)CC2)CC1. The highest BCUT2D eigenvalue weighted by Gasteiger charge is 2.30. The van der Waals surface area contributed by atoms with Crippen LogP contribution in [0, 0.1) is 17.8 Å². The molecule has 0 amide bonds. The highest BCUT2D eigenvalue weighted by molar-refractivity contribution is 4.81. The van der Waals surface area contributed by atoms with Gasteiger partial charge in [0.05, 0.1) is 12.2 Å². The molecule has 3 aliphatic rings. The molecule has 20 heavy (non-hydrogen) atoms. The van der Waals surface area contributed by atoms with E-state index < -0.39 is 0 Å². The molecule has 1 saturated heterocycles. The average molecular weight is 279 g/mol. The van der Waals surface area contributed by atoms with E-state index in [0.717, 1.165) is 17.8 Å². The predicted octanol–water partition coefficient (Wildman–Crippen LogP) is 4.09. The van der Waals surface area contributed by atoms with Gasteiger partial charge in [0.25, 0.3) is 0 Å². The summed E-state index contributed by atoms with van der Waals surface area (Å²) < 4.78 is 6.22. The molecule has 0 unspecified atom stereocenters. The average Bonchev–Trinajstić information content (AvgIpc) is 2.42. The van der Waals surface area contributed by atoms with Crippen molar-refractivity contribution in [3.05, 3.63) is 0 Å². The molecule has 0 radical (unpaired) electrons. The number of hydrogen-bond acceptors (Lipinski definition) is 2. The summed E-state index contributed by atoms with van der Waals surface area (Å²) in [6.45, 7) is 8.67. The summed E-state index contributed by atoms with van der Waals surface area (Å²) in [4.78, 5) is 2.71. The van der Waals surface area contributed by atoms with Crippen LogP contribution in [-0.2, 0) is 4.74 Å². The summed E-state index contributed by atoms with van der Waals surface area (Å²) in [5.41, 5.74) is 0. The van der Waals surface area contributed by atoms with Gasteiger partial charge < -0.3 is 9.64 Å². The van der Waals surface area contributed by atoms with E-state index in [1.165, 1.54) is 71.0 Å². The molecule has 0 aromatic rings. The standard InChI is InChI=1S/C18H33NO/c1-14-3-5-16(6-4-14)13-19-9-7-17(8-10-19)20-18-11-15(2)12-18/h14-18H,3-13H2,1-2H3. The number of hydrogen-bond donors (Lipinski definition) is 0. The molecule has 2 heteroatoms. The van der Waals surface area contributed by atoms with Gasteiger partial charge in [-0.3, -0.25) is 0 Å². The molecule has 2 nitrogen and oxygen atoms in total. The van der Waals surface area contributed by atoms with Gasteiger partial charge in [-0.1, -0.05) is 26.7 Å². The van der Waals surface area contributed by atoms with Crippen LogP contribution >= 0.6 is 0 Å². The molecule has 116 valence electrons.